The molecule has 2 nitrogen and oxygen atoms in total. The number of anilines is 1. The van der Waals surface area contributed by atoms with Gasteiger partial charge in [-0.15, -0.1) is 0 Å². The zero-order valence-corrected chi connectivity index (χ0v) is 7.52. The summed E-state index contributed by atoms with van der Waals surface area (Å²) in [6.45, 7) is 7.66. The van der Waals surface area contributed by atoms with E-state index in [1.165, 1.54) is 0 Å². The van der Waals surface area contributed by atoms with E-state index < -0.39 is 0 Å². The van der Waals surface area contributed by atoms with Gasteiger partial charge in [0.2, 0.25) is 0 Å². The minimum absolute atomic E-state index is 0.581. The minimum atomic E-state index is 0.581. The van der Waals surface area contributed by atoms with Gasteiger partial charge in [-0.1, -0.05) is 12.6 Å². The van der Waals surface area contributed by atoms with Gasteiger partial charge in [-0.05, 0) is 31.0 Å². The molecule has 0 aliphatic rings. The van der Waals surface area contributed by atoms with Gasteiger partial charge < -0.3 is 11.5 Å². The Balaban J connectivity index is 3.43. The smallest absolute Gasteiger partial charge is 0.0350 e. The number of aryl methyl sites for hydroxylation is 1. The lowest BCUT2D eigenvalue weighted by Crippen LogP contribution is -2.02. The van der Waals surface area contributed by atoms with E-state index in [1.54, 1.807) is 0 Å². The lowest BCUT2D eigenvalue weighted by atomic mass is 9.99. The standard InChI is InChI=1S/C10H14N2/c1-6-4-5-9(12)7(2)10(6)8(3)11/h4-5H,3,11-12H2,1-2H3. The summed E-state index contributed by atoms with van der Waals surface area (Å²) in [4.78, 5) is 0. The molecule has 0 aliphatic carbocycles. The van der Waals surface area contributed by atoms with Crippen molar-refractivity contribution >= 4 is 11.4 Å². The van der Waals surface area contributed by atoms with Gasteiger partial charge in [0.1, 0.15) is 0 Å². The Morgan fingerprint density at radius 3 is 2.33 bits per heavy atom. The third-order valence-corrected chi connectivity index (χ3v) is 2.04. The van der Waals surface area contributed by atoms with Crippen LogP contribution in [0.4, 0.5) is 5.69 Å². The molecule has 0 atom stereocenters. The van der Waals surface area contributed by atoms with Crippen LogP contribution < -0.4 is 11.5 Å². The highest BCUT2D eigenvalue weighted by Crippen LogP contribution is 2.23. The van der Waals surface area contributed by atoms with E-state index in [0.717, 1.165) is 22.4 Å². The fourth-order valence-electron chi connectivity index (χ4n) is 1.36. The molecule has 1 aromatic carbocycles. The molecular formula is C10H14N2. The molecule has 1 rings (SSSR count). The van der Waals surface area contributed by atoms with Gasteiger partial charge in [-0.2, -0.15) is 0 Å². The third-order valence-electron chi connectivity index (χ3n) is 2.04. The number of hydrogen-bond donors (Lipinski definition) is 2. The van der Waals surface area contributed by atoms with Crippen molar-refractivity contribution < 1.29 is 0 Å². The van der Waals surface area contributed by atoms with Crippen LogP contribution in [0.2, 0.25) is 0 Å². The van der Waals surface area contributed by atoms with Crippen LogP contribution in [0, 0.1) is 13.8 Å². The van der Waals surface area contributed by atoms with E-state index in [-0.39, 0.29) is 0 Å². The fourth-order valence-corrected chi connectivity index (χ4v) is 1.36. The molecule has 0 heterocycles. The number of rotatable bonds is 1. The highest BCUT2D eigenvalue weighted by atomic mass is 14.6. The molecule has 0 saturated carbocycles. The van der Waals surface area contributed by atoms with Crippen LogP contribution >= 0.6 is 0 Å². The second kappa shape index (κ2) is 2.89. The van der Waals surface area contributed by atoms with Gasteiger partial charge in [0.05, 0.1) is 0 Å². The SMILES string of the molecule is C=C(N)c1c(C)ccc(N)c1C. The van der Waals surface area contributed by atoms with Crippen LogP contribution in [0.1, 0.15) is 16.7 Å². The quantitative estimate of drug-likeness (QED) is 0.619. The van der Waals surface area contributed by atoms with Crippen molar-refractivity contribution in [3.8, 4) is 0 Å². The molecule has 0 bridgehead atoms. The molecule has 0 amide bonds. The second-order valence-corrected chi connectivity index (χ2v) is 3.00. The Morgan fingerprint density at radius 1 is 1.33 bits per heavy atom. The molecule has 2 heteroatoms. The monoisotopic (exact) mass is 162 g/mol. The maximum atomic E-state index is 5.73. The molecule has 12 heavy (non-hydrogen) atoms. The highest BCUT2D eigenvalue weighted by Gasteiger charge is 2.05. The van der Waals surface area contributed by atoms with Crippen LogP contribution in [-0.2, 0) is 0 Å². The topological polar surface area (TPSA) is 52.0 Å². The summed E-state index contributed by atoms with van der Waals surface area (Å²) in [7, 11) is 0. The molecule has 0 aromatic heterocycles. The zero-order chi connectivity index (χ0) is 9.30. The Morgan fingerprint density at radius 2 is 1.92 bits per heavy atom. The normalized spacial score (nSPS) is 9.83. The molecule has 4 N–H and O–H groups in total. The molecular weight excluding hydrogens is 148 g/mol. The average molecular weight is 162 g/mol. The van der Waals surface area contributed by atoms with Crippen LogP contribution in [0.15, 0.2) is 18.7 Å². The zero-order valence-electron chi connectivity index (χ0n) is 7.52. The minimum Gasteiger partial charge on any atom is -0.399 e. The number of nitrogen functional groups attached to an aromatic ring is 1. The molecule has 1 aromatic rings. The van der Waals surface area contributed by atoms with E-state index in [4.69, 9.17) is 11.5 Å². The number of nitrogens with two attached hydrogens (primary N) is 2. The molecule has 0 unspecified atom stereocenters. The molecule has 0 aliphatic heterocycles. The van der Waals surface area contributed by atoms with Gasteiger partial charge in [0.25, 0.3) is 0 Å². The van der Waals surface area contributed by atoms with Crippen molar-refractivity contribution in [2.24, 2.45) is 5.73 Å². The van der Waals surface area contributed by atoms with Crippen molar-refractivity contribution in [2.75, 3.05) is 5.73 Å². The summed E-state index contributed by atoms with van der Waals surface area (Å²) >= 11 is 0. The summed E-state index contributed by atoms with van der Waals surface area (Å²) in [5, 5.41) is 0. The lowest BCUT2D eigenvalue weighted by Gasteiger charge is -2.10. The predicted molar refractivity (Wildman–Crippen MR) is 53.5 cm³/mol. The summed E-state index contributed by atoms with van der Waals surface area (Å²) in [6.07, 6.45) is 0. The Bertz CT molecular complexity index is 327. The fraction of sp³-hybridized carbons (Fsp3) is 0.200. The van der Waals surface area contributed by atoms with Crippen molar-refractivity contribution in [1.82, 2.24) is 0 Å². The molecule has 64 valence electrons. The van der Waals surface area contributed by atoms with Crippen molar-refractivity contribution in [2.45, 2.75) is 13.8 Å². The summed E-state index contributed by atoms with van der Waals surface area (Å²) < 4.78 is 0. The van der Waals surface area contributed by atoms with Crippen LogP contribution in [-0.4, -0.2) is 0 Å². The van der Waals surface area contributed by atoms with Crippen molar-refractivity contribution in [3.05, 3.63) is 35.4 Å². The highest BCUT2D eigenvalue weighted by molar-refractivity contribution is 5.71. The van der Waals surface area contributed by atoms with Gasteiger partial charge in [-0.25, -0.2) is 0 Å². The Labute approximate surface area is 72.9 Å². The molecule has 0 fully saturated rings. The van der Waals surface area contributed by atoms with Crippen LogP contribution in [0.3, 0.4) is 0 Å². The van der Waals surface area contributed by atoms with Gasteiger partial charge in [-0.3, -0.25) is 0 Å². The van der Waals surface area contributed by atoms with E-state index >= 15 is 0 Å². The number of benzene rings is 1. The van der Waals surface area contributed by atoms with E-state index in [2.05, 4.69) is 6.58 Å². The lowest BCUT2D eigenvalue weighted by molar-refractivity contribution is 1.32. The van der Waals surface area contributed by atoms with E-state index in [9.17, 15) is 0 Å². The van der Waals surface area contributed by atoms with Crippen LogP contribution in [0.5, 0.6) is 0 Å². The van der Waals surface area contributed by atoms with E-state index in [1.807, 2.05) is 26.0 Å². The van der Waals surface area contributed by atoms with Crippen LogP contribution in [0.25, 0.3) is 5.70 Å². The number of hydrogen-bond acceptors (Lipinski definition) is 2. The summed E-state index contributed by atoms with van der Waals surface area (Å²) in [5.41, 5.74) is 15.8. The first-order valence-corrected chi connectivity index (χ1v) is 3.84. The maximum Gasteiger partial charge on any atom is 0.0350 e. The van der Waals surface area contributed by atoms with Gasteiger partial charge in [0.15, 0.2) is 0 Å². The largest absolute Gasteiger partial charge is 0.399 e. The summed E-state index contributed by atoms with van der Waals surface area (Å²) in [6, 6.07) is 3.84. The van der Waals surface area contributed by atoms with E-state index in [0.29, 0.717) is 5.70 Å². The van der Waals surface area contributed by atoms with Gasteiger partial charge >= 0.3 is 0 Å². The predicted octanol–water partition coefficient (Wildman–Crippen LogP) is 1.82. The van der Waals surface area contributed by atoms with Crippen molar-refractivity contribution in [1.29, 1.82) is 0 Å². The third kappa shape index (κ3) is 1.28. The van der Waals surface area contributed by atoms with Gasteiger partial charge in [0, 0.05) is 16.9 Å². The van der Waals surface area contributed by atoms with Crippen molar-refractivity contribution in [3.63, 3.8) is 0 Å². The first kappa shape index (κ1) is 8.65. The molecule has 0 saturated heterocycles. The Hall–Kier alpha value is -1.44. The maximum absolute atomic E-state index is 5.73. The molecule has 0 spiro atoms. The second-order valence-electron chi connectivity index (χ2n) is 3.00. The summed E-state index contributed by atoms with van der Waals surface area (Å²) in [5.74, 6) is 0. The Kier molecular flexibility index (Phi) is 2.09. The average Bonchev–Trinajstić information content (AvgIpc) is 1.97. The molecule has 0 radical (unpaired) electrons. The first-order valence-electron chi connectivity index (χ1n) is 3.84. The first-order chi connectivity index (χ1) is 5.54.